The van der Waals surface area contributed by atoms with Gasteiger partial charge in [-0.2, -0.15) is 0 Å². The fourth-order valence-electron chi connectivity index (χ4n) is 2.34. The summed E-state index contributed by atoms with van der Waals surface area (Å²) in [6, 6.07) is 3.09. The maximum atomic E-state index is 12.5. The molecule has 4 N–H and O–H groups in total. The van der Waals surface area contributed by atoms with E-state index in [2.05, 4.69) is 10.4 Å². The lowest BCUT2D eigenvalue weighted by Crippen LogP contribution is -2.33. The number of nitrogen functional groups attached to an aromatic ring is 1. The zero-order valence-electron chi connectivity index (χ0n) is 11.4. The van der Waals surface area contributed by atoms with Crippen LogP contribution in [-0.4, -0.2) is 39.6 Å². The van der Waals surface area contributed by atoms with Crippen molar-refractivity contribution in [3.8, 4) is 0 Å². The molecule has 0 radical (unpaired) electrons. The molecule has 1 aromatic rings. The molecule has 1 fully saturated rings. The topological polar surface area (TPSA) is 91.5 Å². The lowest BCUT2D eigenvalue weighted by Gasteiger charge is -2.22. The molecular weight excluding hydrogens is 280 g/mol. The van der Waals surface area contributed by atoms with Crippen LogP contribution in [0.2, 0.25) is 5.15 Å². The maximum absolute atomic E-state index is 12.5. The second-order valence-corrected chi connectivity index (χ2v) is 5.74. The highest BCUT2D eigenvalue weighted by molar-refractivity contribution is 6.29. The van der Waals surface area contributed by atoms with E-state index < -0.39 is 5.60 Å². The van der Waals surface area contributed by atoms with Gasteiger partial charge in [0.25, 0.3) is 5.91 Å². The number of carbonyl (C=O) groups is 1. The highest BCUT2D eigenvalue weighted by atomic mass is 35.5. The Labute approximate surface area is 122 Å². The van der Waals surface area contributed by atoms with Gasteiger partial charge in [0.15, 0.2) is 0 Å². The second-order valence-electron chi connectivity index (χ2n) is 5.35. The van der Waals surface area contributed by atoms with Crippen LogP contribution in [0.15, 0.2) is 12.1 Å². The van der Waals surface area contributed by atoms with E-state index in [1.807, 2.05) is 0 Å². The van der Waals surface area contributed by atoms with Gasteiger partial charge in [0.05, 0.1) is 5.60 Å². The van der Waals surface area contributed by atoms with E-state index in [-0.39, 0.29) is 11.1 Å². The van der Waals surface area contributed by atoms with Gasteiger partial charge >= 0.3 is 0 Å². The molecule has 2 rings (SSSR count). The minimum absolute atomic E-state index is 0.122. The Morgan fingerprint density at radius 1 is 1.50 bits per heavy atom. The third-order valence-electron chi connectivity index (χ3n) is 3.54. The Morgan fingerprint density at radius 3 is 2.95 bits per heavy atom. The molecule has 2 heterocycles. The van der Waals surface area contributed by atoms with E-state index in [4.69, 9.17) is 17.4 Å². The SMILES string of the molecule is CC1(O)CCCN(C(=O)c2cc(Cl)nc(NN)c2)CC1. The van der Waals surface area contributed by atoms with Crippen molar-refractivity contribution in [3.63, 3.8) is 0 Å². The molecule has 1 aliphatic rings. The summed E-state index contributed by atoms with van der Waals surface area (Å²) in [7, 11) is 0. The number of carbonyl (C=O) groups excluding carboxylic acids is 1. The summed E-state index contributed by atoms with van der Waals surface area (Å²) in [6.07, 6.45) is 2.04. The number of nitrogens with zero attached hydrogens (tertiary/aromatic N) is 2. The molecular formula is C13H19ClN4O2. The lowest BCUT2D eigenvalue weighted by molar-refractivity contribution is 0.0438. The first kappa shape index (κ1) is 15.0. The molecule has 0 aliphatic carbocycles. The predicted molar refractivity (Wildman–Crippen MR) is 77.4 cm³/mol. The maximum Gasteiger partial charge on any atom is 0.254 e. The number of halogens is 1. The molecule has 0 aromatic carbocycles. The molecule has 20 heavy (non-hydrogen) atoms. The summed E-state index contributed by atoms with van der Waals surface area (Å²) in [4.78, 5) is 18.1. The van der Waals surface area contributed by atoms with Crippen LogP contribution in [0.25, 0.3) is 0 Å². The number of hydrazine groups is 1. The Kier molecular flexibility index (Phi) is 4.47. The molecule has 1 unspecified atom stereocenters. The van der Waals surface area contributed by atoms with E-state index in [0.717, 1.165) is 6.42 Å². The van der Waals surface area contributed by atoms with E-state index in [0.29, 0.717) is 37.3 Å². The summed E-state index contributed by atoms with van der Waals surface area (Å²) >= 11 is 5.87. The number of hydrogen-bond acceptors (Lipinski definition) is 5. The molecule has 1 atom stereocenters. The first-order valence-corrected chi connectivity index (χ1v) is 6.95. The fraction of sp³-hybridized carbons (Fsp3) is 0.538. The minimum atomic E-state index is -0.700. The summed E-state index contributed by atoms with van der Waals surface area (Å²) in [5.41, 5.74) is 2.13. The molecule has 1 saturated heterocycles. The molecule has 0 bridgehead atoms. The van der Waals surface area contributed by atoms with Crippen molar-refractivity contribution in [3.05, 3.63) is 22.8 Å². The fourth-order valence-corrected chi connectivity index (χ4v) is 2.55. The van der Waals surface area contributed by atoms with E-state index in [9.17, 15) is 9.90 Å². The van der Waals surface area contributed by atoms with E-state index in [1.54, 1.807) is 17.9 Å². The minimum Gasteiger partial charge on any atom is -0.390 e. The lowest BCUT2D eigenvalue weighted by atomic mass is 9.98. The third-order valence-corrected chi connectivity index (χ3v) is 3.73. The van der Waals surface area contributed by atoms with Crippen LogP contribution in [0.3, 0.4) is 0 Å². The molecule has 1 aromatic heterocycles. The number of pyridine rings is 1. The van der Waals surface area contributed by atoms with Crippen molar-refractivity contribution < 1.29 is 9.90 Å². The quantitative estimate of drug-likeness (QED) is 0.436. The molecule has 6 nitrogen and oxygen atoms in total. The van der Waals surface area contributed by atoms with Crippen LogP contribution < -0.4 is 11.3 Å². The molecule has 110 valence electrons. The first-order chi connectivity index (χ1) is 9.41. The van der Waals surface area contributed by atoms with Crippen LogP contribution in [0, 0.1) is 0 Å². The van der Waals surface area contributed by atoms with Crippen molar-refractivity contribution in [2.45, 2.75) is 31.8 Å². The van der Waals surface area contributed by atoms with Crippen LogP contribution in [0.1, 0.15) is 36.5 Å². The zero-order chi connectivity index (χ0) is 14.8. The first-order valence-electron chi connectivity index (χ1n) is 6.57. The summed E-state index contributed by atoms with van der Waals surface area (Å²) < 4.78 is 0. The number of hydrogen-bond donors (Lipinski definition) is 3. The second kappa shape index (κ2) is 5.95. The van der Waals surface area contributed by atoms with Gasteiger partial charge in [0.1, 0.15) is 11.0 Å². The predicted octanol–water partition coefficient (Wildman–Crippen LogP) is 1.40. The summed E-state index contributed by atoms with van der Waals surface area (Å²) in [5.74, 6) is 5.53. The van der Waals surface area contributed by atoms with Gasteiger partial charge in [-0.05, 0) is 38.3 Å². The largest absolute Gasteiger partial charge is 0.390 e. The molecule has 1 amide bonds. The number of aromatic nitrogens is 1. The third kappa shape index (κ3) is 3.59. The molecule has 7 heteroatoms. The summed E-state index contributed by atoms with van der Waals surface area (Å²) in [5, 5.41) is 10.3. The van der Waals surface area contributed by atoms with Gasteiger partial charge in [-0.3, -0.25) is 4.79 Å². The smallest absolute Gasteiger partial charge is 0.254 e. The van der Waals surface area contributed by atoms with Crippen molar-refractivity contribution in [2.24, 2.45) is 5.84 Å². The van der Waals surface area contributed by atoms with Gasteiger partial charge in [-0.1, -0.05) is 11.6 Å². The average molecular weight is 299 g/mol. The molecule has 1 aliphatic heterocycles. The molecule has 0 saturated carbocycles. The normalized spacial score (nSPS) is 23.3. The van der Waals surface area contributed by atoms with Crippen LogP contribution in [0.5, 0.6) is 0 Å². The van der Waals surface area contributed by atoms with Crippen LogP contribution >= 0.6 is 11.6 Å². The number of amides is 1. The zero-order valence-corrected chi connectivity index (χ0v) is 12.2. The van der Waals surface area contributed by atoms with Gasteiger partial charge in [-0.15, -0.1) is 0 Å². The molecule has 0 spiro atoms. The van der Waals surface area contributed by atoms with Gasteiger partial charge in [0, 0.05) is 18.7 Å². The number of nitrogens with one attached hydrogen (secondary N) is 1. The number of anilines is 1. The van der Waals surface area contributed by atoms with Crippen molar-refractivity contribution in [2.75, 3.05) is 18.5 Å². The van der Waals surface area contributed by atoms with Crippen LogP contribution in [0.4, 0.5) is 5.82 Å². The Hall–Kier alpha value is -1.37. The Morgan fingerprint density at radius 2 is 2.25 bits per heavy atom. The average Bonchev–Trinajstić information content (AvgIpc) is 2.58. The Balaban J connectivity index is 2.16. The highest BCUT2D eigenvalue weighted by Crippen LogP contribution is 2.23. The van der Waals surface area contributed by atoms with Gasteiger partial charge < -0.3 is 15.4 Å². The van der Waals surface area contributed by atoms with Crippen molar-refractivity contribution in [1.29, 1.82) is 0 Å². The number of likely N-dealkylation sites (tertiary alicyclic amines) is 1. The number of aliphatic hydroxyl groups is 1. The highest BCUT2D eigenvalue weighted by Gasteiger charge is 2.27. The Bertz CT molecular complexity index is 507. The van der Waals surface area contributed by atoms with Gasteiger partial charge in [0.2, 0.25) is 0 Å². The monoisotopic (exact) mass is 298 g/mol. The number of rotatable bonds is 2. The van der Waals surface area contributed by atoms with Crippen molar-refractivity contribution >= 4 is 23.3 Å². The van der Waals surface area contributed by atoms with E-state index in [1.165, 1.54) is 6.07 Å². The van der Waals surface area contributed by atoms with Gasteiger partial charge in [-0.25, -0.2) is 10.8 Å². The standard InChI is InChI=1S/C13H19ClN4O2/c1-13(20)3-2-5-18(6-4-13)12(19)9-7-10(14)16-11(8-9)17-15/h7-8,20H,2-6,15H2,1H3,(H,16,17). The van der Waals surface area contributed by atoms with Crippen molar-refractivity contribution in [1.82, 2.24) is 9.88 Å². The van der Waals surface area contributed by atoms with E-state index >= 15 is 0 Å². The number of nitrogens with two attached hydrogens (primary N) is 1. The van der Waals surface area contributed by atoms with Crippen LogP contribution in [-0.2, 0) is 0 Å². The summed E-state index contributed by atoms with van der Waals surface area (Å²) in [6.45, 7) is 2.96.